The molecule has 148 valence electrons. The molecule has 8 heteroatoms. The van der Waals surface area contributed by atoms with Gasteiger partial charge < -0.3 is 33.2 Å². The Morgan fingerprint density at radius 1 is 0.926 bits per heavy atom. The second kappa shape index (κ2) is 6.95. The number of para-hydroxylation sites is 1. The maximum atomic E-state index is 6.07. The number of benzene rings is 1. The van der Waals surface area contributed by atoms with Crippen molar-refractivity contribution in [3.8, 4) is 5.75 Å². The summed E-state index contributed by atoms with van der Waals surface area (Å²) in [5, 5.41) is 0.0190. The van der Waals surface area contributed by atoms with Gasteiger partial charge in [0.25, 0.3) is 0 Å². The first kappa shape index (κ1) is 19.0. The predicted octanol–water partition coefficient (Wildman–Crippen LogP) is 2.76. The Labute approximate surface area is 163 Å². The van der Waals surface area contributed by atoms with E-state index < -0.39 is 24.0 Å². The zero-order valence-electron chi connectivity index (χ0n) is 15.7. The second-order valence-corrected chi connectivity index (χ2v) is 8.02. The Bertz CT molecular complexity index is 693. The van der Waals surface area contributed by atoms with Crippen LogP contribution in [0, 0.1) is 0 Å². The fourth-order valence-electron chi connectivity index (χ4n) is 3.59. The molecule has 1 aromatic carbocycles. The molecule has 0 N–H and O–H groups in total. The minimum absolute atomic E-state index is 0.0190. The molecule has 0 amide bonds. The van der Waals surface area contributed by atoms with Gasteiger partial charge in [-0.05, 0) is 39.8 Å². The number of fused-ring (bicyclic) bond motifs is 3. The van der Waals surface area contributed by atoms with Crippen molar-refractivity contribution in [2.45, 2.75) is 70.0 Å². The maximum absolute atomic E-state index is 6.07. The summed E-state index contributed by atoms with van der Waals surface area (Å²) in [6.45, 7) is 7.57. The number of hydrogen-bond donors (Lipinski definition) is 0. The van der Waals surface area contributed by atoms with Crippen molar-refractivity contribution in [3.05, 3.63) is 30.3 Å². The molecule has 3 heterocycles. The summed E-state index contributed by atoms with van der Waals surface area (Å²) in [4.78, 5) is 0. The van der Waals surface area contributed by atoms with E-state index in [0.717, 1.165) is 0 Å². The molecular weight excluding hydrogens is 372 g/mol. The van der Waals surface area contributed by atoms with Gasteiger partial charge in [0.15, 0.2) is 17.9 Å². The molecule has 3 aliphatic heterocycles. The lowest BCUT2D eigenvalue weighted by atomic mass is 9.99. The highest BCUT2D eigenvalue weighted by molar-refractivity contribution is 7.79. The average molecular weight is 396 g/mol. The summed E-state index contributed by atoms with van der Waals surface area (Å²) in [5.41, 5.74) is 0. The number of hydrogen-bond acceptors (Lipinski definition) is 8. The lowest BCUT2D eigenvalue weighted by molar-refractivity contribution is -0.239. The van der Waals surface area contributed by atoms with Crippen LogP contribution in [-0.2, 0) is 28.4 Å². The Balaban J connectivity index is 1.42. The van der Waals surface area contributed by atoms with E-state index in [1.54, 1.807) is 12.1 Å². The van der Waals surface area contributed by atoms with E-state index in [1.165, 1.54) is 0 Å². The second-order valence-electron chi connectivity index (χ2n) is 7.68. The summed E-state index contributed by atoms with van der Waals surface area (Å²) in [6, 6.07) is 9.22. The van der Waals surface area contributed by atoms with Crippen LogP contribution in [-0.4, -0.2) is 54.1 Å². The fourth-order valence-corrected chi connectivity index (χ4v) is 3.76. The predicted molar refractivity (Wildman–Crippen MR) is 98.1 cm³/mol. The van der Waals surface area contributed by atoms with Gasteiger partial charge in [0.1, 0.15) is 36.8 Å². The molecule has 4 rings (SSSR count). The van der Waals surface area contributed by atoms with Gasteiger partial charge in [-0.25, -0.2) is 0 Å². The molecule has 0 aliphatic carbocycles. The minimum atomic E-state index is -0.753. The molecule has 0 saturated carbocycles. The van der Waals surface area contributed by atoms with Gasteiger partial charge in [-0.1, -0.05) is 18.2 Å². The molecule has 27 heavy (non-hydrogen) atoms. The van der Waals surface area contributed by atoms with E-state index >= 15 is 0 Å². The van der Waals surface area contributed by atoms with Gasteiger partial charge in [-0.2, -0.15) is 0 Å². The quantitative estimate of drug-likeness (QED) is 0.723. The van der Waals surface area contributed by atoms with Crippen molar-refractivity contribution in [1.29, 1.82) is 0 Å². The Morgan fingerprint density at radius 3 is 2.30 bits per heavy atom. The van der Waals surface area contributed by atoms with Crippen LogP contribution < -0.4 is 4.74 Å². The highest BCUT2D eigenvalue weighted by atomic mass is 32.1. The highest BCUT2D eigenvalue weighted by Crippen LogP contribution is 2.44. The topological polar surface area (TPSA) is 64.6 Å². The zero-order chi connectivity index (χ0) is 19.2. The maximum Gasteiger partial charge on any atom is 0.357 e. The smallest absolute Gasteiger partial charge is 0.357 e. The Morgan fingerprint density at radius 2 is 1.56 bits per heavy atom. The first-order chi connectivity index (χ1) is 12.7. The third-order valence-electron chi connectivity index (χ3n) is 4.56. The van der Waals surface area contributed by atoms with Crippen LogP contribution in [0.4, 0.5) is 0 Å². The molecule has 7 nitrogen and oxygen atoms in total. The van der Waals surface area contributed by atoms with Crippen molar-refractivity contribution in [2.75, 3.05) is 6.61 Å². The highest BCUT2D eigenvalue weighted by Gasteiger charge is 2.60. The van der Waals surface area contributed by atoms with E-state index in [2.05, 4.69) is 0 Å². The molecule has 0 spiro atoms. The van der Waals surface area contributed by atoms with Crippen LogP contribution in [0.5, 0.6) is 5.75 Å². The van der Waals surface area contributed by atoms with Crippen molar-refractivity contribution in [2.24, 2.45) is 0 Å². The van der Waals surface area contributed by atoms with Gasteiger partial charge in [-0.3, -0.25) is 0 Å². The standard InChI is InChI=1S/C19H24O7S/c1-18(2)23-13-12(10-20-17(27)21-11-8-6-5-7-9-11)22-16-15(14(13)24-18)25-19(3,4)26-16/h5-9,12-16H,10H2,1-4H3/t12-,13+,14+,15-,16-/m1/s1. The van der Waals surface area contributed by atoms with E-state index in [0.29, 0.717) is 5.75 Å². The van der Waals surface area contributed by atoms with Crippen LogP contribution >= 0.6 is 12.2 Å². The summed E-state index contributed by atoms with van der Waals surface area (Å²) in [7, 11) is 0. The molecule has 5 atom stereocenters. The molecule has 0 radical (unpaired) electrons. The first-order valence-electron chi connectivity index (χ1n) is 8.99. The summed E-state index contributed by atoms with van der Waals surface area (Å²) < 4.78 is 41.1. The van der Waals surface area contributed by atoms with Gasteiger partial charge in [0.2, 0.25) is 0 Å². The number of ether oxygens (including phenoxy) is 7. The first-order valence-corrected chi connectivity index (χ1v) is 9.40. The lowest BCUT2D eigenvalue weighted by Gasteiger charge is -2.36. The van der Waals surface area contributed by atoms with E-state index in [4.69, 9.17) is 45.4 Å². The van der Waals surface area contributed by atoms with E-state index in [1.807, 2.05) is 45.9 Å². The van der Waals surface area contributed by atoms with E-state index in [-0.39, 0.29) is 30.2 Å². The summed E-state index contributed by atoms with van der Waals surface area (Å²) >= 11 is 5.17. The van der Waals surface area contributed by atoms with Crippen LogP contribution in [0.15, 0.2) is 30.3 Å². The molecule has 3 saturated heterocycles. The lowest BCUT2D eigenvalue weighted by Crippen LogP contribution is -2.56. The monoisotopic (exact) mass is 396 g/mol. The Kier molecular flexibility index (Phi) is 4.90. The number of thiocarbonyl (C=S) groups is 1. The third kappa shape index (κ3) is 4.11. The molecule has 3 aliphatic rings. The SMILES string of the molecule is CC1(C)O[C@H]2[C@@H](O1)[C@@H](COC(=S)Oc1ccccc1)O[C@@H]1OC(C)(C)O[C@@H]12. The fraction of sp³-hybridized carbons (Fsp3) is 0.632. The molecular formula is C19H24O7S. The van der Waals surface area contributed by atoms with Crippen LogP contribution in [0.2, 0.25) is 0 Å². The molecule has 0 aromatic heterocycles. The summed E-state index contributed by atoms with van der Waals surface area (Å²) in [6.07, 6.45) is -2.05. The van der Waals surface area contributed by atoms with Gasteiger partial charge >= 0.3 is 5.24 Å². The van der Waals surface area contributed by atoms with Crippen molar-refractivity contribution in [3.63, 3.8) is 0 Å². The van der Waals surface area contributed by atoms with Crippen molar-refractivity contribution in [1.82, 2.24) is 0 Å². The normalized spacial score (nSPS) is 35.9. The molecule has 0 bridgehead atoms. The molecule has 3 fully saturated rings. The van der Waals surface area contributed by atoms with Gasteiger partial charge in [0, 0.05) is 12.2 Å². The average Bonchev–Trinajstić information content (AvgIpc) is 3.07. The molecule has 0 unspecified atom stereocenters. The van der Waals surface area contributed by atoms with Crippen LogP contribution in [0.25, 0.3) is 0 Å². The Hall–Kier alpha value is -1.29. The van der Waals surface area contributed by atoms with Crippen LogP contribution in [0.1, 0.15) is 27.7 Å². The van der Waals surface area contributed by atoms with Crippen molar-refractivity contribution >= 4 is 17.5 Å². The molecule has 1 aromatic rings. The largest absolute Gasteiger partial charge is 0.454 e. The third-order valence-corrected chi connectivity index (χ3v) is 4.76. The number of rotatable bonds is 3. The zero-order valence-corrected chi connectivity index (χ0v) is 16.6. The summed E-state index contributed by atoms with van der Waals surface area (Å²) in [5.74, 6) is -0.888. The van der Waals surface area contributed by atoms with E-state index in [9.17, 15) is 0 Å². The minimum Gasteiger partial charge on any atom is -0.454 e. The van der Waals surface area contributed by atoms with Gasteiger partial charge in [-0.15, -0.1) is 0 Å². The van der Waals surface area contributed by atoms with Crippen molar-refractivity contribution < 1.29 is 33.2 Å². The van der Waals surface area contributed by atoms with Crippen LogP contribution in [0.3, 0.4) is 0 Å². The van der Waals surface area contributed by atoms with Gasteiger partial charge in [0.05, 0.1) is 0 Å².